The molecule has 4 nitrogen and oxygen atoms in total. The number of carbonyl (C=O) groups is 1. The fourth-order valence-corrected chi connectivity index (χ4v) is 1.15. The van der Waals surface area contributed by atoms with Gasteiger partial charge in [0.05, 0.1) is 7.11 Å². The zero-order chi connectivity index (χ0) is 9.72. The number of hydrogen-bond donors (Lipinski definition) is 1. The number of aliphatic hydroxyl groups excluding tert-OH is 1. The molecule has 0 amide bonds. The van der Waals surface area contributed by atoms with Gasteiger partial charge in [0.1, 0.15) is 0 Å². The number of rotatable bonds is 4. The van der Waals surface area contributed by atoms with Crippen LogP contribution >= 0.6 is 0 Å². The van der Waals surface area contributed by atoms with Crippen molar-refractivity contribution in [2.24, 2.45) is 0 Å². The number of hydrogen-bond acceptors (Lipinski definition) is 4. The Kier molecular flexibility index (Phi) is 4.85. The van der Waals surface area contributed by atoms with Crippen LogP contribution in [0.1, 0.15) is 13.3 Å². The van der Waals surface area contributed by atoms with E-state index in [4.69, 9.17) is 0 Å². The van der Waals surface area contributed by atoms with Crippen LogP contribution in [0.4, 0.5) is 0 Å². The third kappa shape index (κ3) is 2.79. The van der Waals surface area contributed by atoms with Gasteiger partial charge >= 0.3 is 5.97 Å². The molecule has 4 heteroatoms. The third-order valence-electron chi connectivity index (χ3n) is 1.89. The number of ether oxygens (including phenoxy) is 1. The van der Waals surface area contributed by atoms with Crippen molar-refractivity contribution in [3.63, 3.8) is 0 Å². The summed E-state index contributed by atoms with van der Waals surface area (Å²) in [5, 5.41) is 9.43. The minimum Gasteiger partial charge on any atom is -0.467 e. The molecule has 0 aromatic rings. The summed E-state index contributed by atoms with van der Waals surface area (Å²) in [7, 11) is 4.91. The van der Waals surface area contributed by atoms with Crippen molar-refractivity contribution in [3.05, 3.63) is 0 Å². The molecule has 0 saturated heterocycles. The molecule has 0 aromatic carbocycles. The molecule has 0 radical (unpaired) electrons. The molecule has 72 valence electrons. The van der Waals surface area contributed by atoms with E-state index in [9.17, 15) is 9.90 Å². The van der Waals surface area contributed by atoms with E-state index in [0.29, 0.717) is 6.42 Å². The SMILES string of the molecule is CCC(C(O)C(=O)OC)N(C)C. The fourth-order valence-electron chi connectivity index (χ4n) is 1.15. The molecule has 0 heterocycles. The van der Waals surface area contributed by atoms with Gasteiger partial charge < -0.3 is 14.7 Å². The first-order valence-corrected chi connectivity index (χ1v) is 3.96. The zero-order valence-corrected chi connectivity index (χ0v) is 8.07. The lowest BCUT2D eigenvalue weighted by Gasteiger charge is -2.25. The Bertz CT molecular complexity index is 147. The molecule has 2 unspecified atom stereocenters. The van der Waals surface area contributed by atoms with Gasteiger partial charge in [-0.05, 0) is 20.5 Å². The number of aliphatic hydroxyl groups is 1. The van der Waals surface area contributed by atoms with Crippen molar-refractivity contribution in [2.45, 2.75) is 25.5 Å². The molecule has 0 aromatic heterocycles. The van der Waals surface area contributed by atoms with Crippen molar-refractivity contribution in [1.82, 2.24) is 4.90 Å². The molecule has 0 aliphatic rings. The Labute approximate surface area is 73.1 Å². The van der Waals surface area contributed by atoms with E-state index in [1.54, 1.807) is 0 Å². The molecule has 0 aliphatic carbocycles. The Morgan fingerprint density at radius 3 is 2.33 bits per heavy atom. The molecule has 0 bridgehead atoms. The van der Waals surface area contributed by atoms with E-state index in [0.717, 1.165) is 0 Å². The number of likely N-dealkylation sites (N-methyl/N-ethyl adjacent to an activating group) is 1. The topological polar surface area (TPSA) is 49.8 Å². The highest BCUT2D eigenvalue weighted by Gasteiger charge is 2.26. The van der Waals surface area contributed by atoms with Crippen LogP contribution in [0.2, 0.25) is 0 Å². The minimum atomic E-state index is -1.05. The molecule has 0 saturated carbocycles. The van der Waals surface area contributed by atoms with Crippen molar-refractivity contribution in [2.75, 3.05) is 21.2 Å². The largest absolute Gasteiger partial charge is 0.467 e. The van der Waals surface area contributed by atoms with E-state index in [-0.39, 0.29) is 6.04 Å². The summed E-state index contributed by atoms with van der Waals surface area (Å²) in [6.45, 7) is 1.91. The van der Waals surface area contributed by atoms with Gasteiger partial charge in [0.25, 0.3) is 0 Å². The van der Waals surface area contributed by atoms with Gasteiger partial charge in [-0.1, -0.05) is 6.92 Å². The Balaban J connectivity index is 4.20. The highest BCUT2D eigenvalue weighted by atomic mass is 16.5. The molecule has 0 aliphatic heterocycles. The van der Waals surface area contributed by atoms with Crippen molar-refractivity contribution < 1.29 is 14.6 Å². The standard InChI is InChI=1S/C8H17NO3/c1-5-6(9(2)3)7(10)8(11)12-4/h6-7,10H,5H2,1-4H3. The summed E-state index contributed by atoms with van der Waals surface area (Å²) in [4.78, 5) is 12.7. The predicted octanol–water partition coefficient (Wildman–Crippen LogP) is -0.140. The van der Waals surface area contributed by atoms with Crippen LogP contribution in [-0.4, -0.2) is 49.3 Å². The lowest BCUT2D eigenvalue weighted by atomic mass is 10.1. The maximum absolute atomic E-state index is 10.9. The first-order chi connectivity index (χ1) is 5.54. The number of esters is 1. The molecule has 0 fully saturated rings. The second-order valence-electron chi connectivity index (χ2n) is 2.91. The third-order valence-corrected chi connectivity index (χ3v) is 1.89. The molecule has 0 rings (SSSR count). The summed E-state index contributed by atoms with van der Waals surface area (Å²) < 4.78 is 4.43. The van der Waals surface area contributed by atoms with E-state index in [1.165, 1.54) is 7.11 Å². The van der Waals surface area contributed by atoms with Gasteiger partial charge in [0.15, 0.2) is 6.10 Å². The van der Waals surface area contributed by atoms with Gasteiger partial charge in [0.2, 0.25) is 0 Å². The van der Waals surface area contributed by atoms with Gasteiger partial charge in [0, 0.05) is 6.04 Å². The van der Waals surface area contributed by atoms with E-state index < -0.39 is 12.1 Å². The van der Waals surface area contributed by atoms with Crippen LogP contribution < -0.4 is 0 Å². The number of methoxy groups -OCH3 is 1. The molecule has 0 spiro atoms. The molecule has 2 atom stereocenters. The summed E-state index contributed by atoms with van der Waals surface area (Å²) in [6, 6.07) is -0.169. The van der Waals surface area contributed by atoms with E-state index in [1.807, 2.05) is 25.9 Å². The summed E-state index contributed by atoms with van der Waals surface area (Å²) in [6.07, 6.45) is -0.335. The van der Waals surface area contributed by atoms with Crippen molar-refractivity contribution in [3.8, 4) is 0 Å². The van der Waals surface area contributed by atoms with Gasteiger partial charge in [-0.2, -0.15) is 0 Å². The Hall–Kier alpha value is -0.610. The molecular weight excluding hydrogens is 158 g/mol. The average Bonchev–Trinajstić information content (AvgIpc) is 2.03. The number of carbonyl (C=O) groups excluding carboxylic acids is 1. The van der Waals surface area contributed by atoms with E-state index >= 15 is 0 Å². The van der Waals surface area contributed by atoms with Crippen LogP contribution in [0, 0.1) is 0 Å². The monoisotopic (exact) mass is 175 g/mol. The summed E-state index contributed by atoms with van der Waals surface area (Å²) in [5.74, 6) is -0.574. The summed E-state index contributed by atoms with van der Waals surface area (Å²) in [5.41, 5.74) is 0. The molecule has 12 heavy (non-hydrogen) atoms. The quantitative estimate of drug-likeness (QED) is 0.604. The maximum Gasteiger partial charge on any atom is 0.336 e. The van der Waals surface area contributed by atoms with Crippen LogP contribution in [0.25, 0.3) is 0 Å². The number of nitrogens with zero attached hydrogens (tertiary/aromatic N) is 1. The van der Waals surface area contributed by atoms with Crippen molar-refractivity contribution in [1.29, 1.82) is 0 Å². The highest BCUT2D eigenvalue weighted by Crippen LogP contribution is 2.06. The van der Waals surface area contributed by atoms with Gasteiger partial charge in [-0.25, -0.2) is 4.79 Å². The van der Waals surface area contributed by atoms with Crippen molar-refractivity contribution >= 4 is 5.97 Å². The van der Waals surface area contributed by atoms with Crippen LogP contribution in [0.3, 0.4) is 0 Å². The second-order valence-corrected chi connectivity index (χ2v) is 2.91. The minimum absolute atomic E-state index is 0.169. The average molecular weight is 175 g/mol. The van der Waals surface area contributed by atoms with Gasteiger partial charge in [-0.15, -0.1) is 0 Å². The van der Waals surface area contributed by atoms with Crippen LogP contribution in [-0.2, 0) is 9.53 Å². The molecular formula is C8H17NO3. The van der Waals surface area contributed by atoms with E-state index in [2.05, 4.69) is 4.74 Å². The van der Waals surface area contributed by atoms with Crippen LogP contribution in [0.5, 0.6) is 0 Å². The Morgan fingerprint density at radius 2 is 2.08 bits per heavy atom. The highest BCUT2D eigenvalue weighted by molar-refractivity contribution is 5.75. The first-order valence-electron chi connectivity index (χ1n) is 3.96. The normalized spacial score (nSPS) is 15.8. The van der Waals surface area contributed by atoms with Gasteiger partial charge in [-0.3, -0.25) is 0 Å². The fraction of sp³-hybridized carbons (Fsp3) is 0.875. The molecule has 1 N–H and O–H groups in total. The smallest absolute Gasteiger partial charge is 0.336 e. The lowest BCUT2D eigenvalue weighted by Crippen LogP contribution is -2.43. The predicted molar refractivity (Wildman–Crippen MR) is 45.8 cm³/mol. The Morgan fingerprint density at radius 1 is 1.58 bits per heavy atom. The lowest BCUT2D eigenvalue weighted by molar-refractivity contribution is -0.153. The second kappa shape index (κ2) is 5.11. The zero-order valence-electron chi connectivity index (χ0n) is 8.07. The van der Waals surface area contributed by atoms with Crippen LogP contribution in [0.15, 0.2) is 0 Å². The maximum atomic E-state index is 10.9. The summed E-state index contributed by atoms with van der Waals surface area (Å²) >= 11 is 0. The first kappa shape index (κ1) is 11.4.